The predicted octanol–water partition coefficient (Wildman–Crippen LogP) is 2.17. The normalized spacial score (nSPS) is 10.0. The van der Waals surface area contributed by atoms with Crippen LogP contribution in [0.1, 0.15) is 26.6 Å². The molecule has 0 saturated heterocycles. The monoisotopic (exact) mass is 243 g/mol. The second-order valence-corrected chi connectivity index (χ2v) is 3.61. The van der Waals surface area contributed by atoms with Gasteiger partial charge in [-0.05, 0) is 0 Å². The van der Waals surface area contributed by atoms with Crippen LogP contribution in [0.25, 0.3) is 0 Å². The summed E-state index contributed by atoms with van der Waals surface area (Å²) in [5, 5.41) is 0. The Hall–Kier alpha value is 0.0931. The largest absolute Gasteiger partial charge is 0.358 e. The van der Waals surface area contributed by atoms with Crippen LogP contribution in [0.5, 0.6) is 0 Å². The molecule has 0 N–H and O–H groups in total. The van der Waals surface area contributed by atoms with Crippen molar-refractivity contribution in [2.24, 2.45) is 7.05 Å². The first-order valence-electron chi connectivity index (χ1n) is 3.49. The van der Waals surface area contributed by atoms with Crippen molar-refractivity contribution >= 4 is 0 Å². The Morgan fingerprint density at radius 1 is 1.33 bits per heavy atom. The number of aromatic nitrogens is 2. The summed E-state index contributed by atoms with van der Waals surface area (Å²) < 4.78 is 2.06. The van der Waals surface area contributed by atoms with E-state index in [9.17, 15) is 0 Å². The first kappa shape index (κ1) is 14.6. The number of imidazole rings is 1. The van der Waals surface area contributed by atoms with Crippen molar-refractivity contribution in [3.8, 4) is 0 Å². The minimum Gasteiger partial charge on any atom is -0.358 e. The number of rotatable bonds is 0. The molecule has 0 unspecified atom stereocenters. The fourth-order valence-electron chi connectivity index (χ4n) is 1.09. The summed E-state index contributed by atoms with van der Waals surface area (Å²) in [6.45, 7) is 6.49. The molecule has 2 nitrogen and oxygen atoms in total. The third-order valence-electron chi connectivity index (χ3n) is 1.49. The van der Waals surface area contributed by atoms with Gasteiger partial charge in [-0.1, -0.05) is 20.8 Å². The molecule has 0 amide bonds. The van der Waals surface area contributed by atoms with E-state index in [2.05, 4.69) is 30.3 Å². The van der Waals surface area contributed by atoms with Gasteiger partial charge in [0.05, 0.1) is 0 Å². The third-order valence-corrected chi connectivity index (χ3v) is 1.49. The zero-order chi connectivity index (χ0) is 7.78. The molecule has 0 aliphatic rings. The zero-order valence-electron chi connectivity index (χ0n) is 8.55. The molecule has 0 bridgehead atoms. The zero-order valence-corrected chi connectivity index (χ0v) is 11.0. The summed E-state index contributed by atoms with van der Waals surface area (Å²) in [5.74, 6) is 1.13. The molecular formula is C9H17N2Zr-. The van der Waals surface area contributed by atoms with E-state index in [1.807, 2.05) is 19.4 Å². The number of hydrogen-bond acceptors (Lipinski definition) is 1. The quantitative estimate of drug-likeness (QED) is 0.640. The van der Waals surface area contributed by atoms with Crippen LogP contribution in [0, 0.1) is 7.43 Å². The Bertz CT molecular complexity index is 223. The minimum atomic E-state index is 0. The van der Waals surface area contributed by atoms with Gasteiger partial charge in [0.1, 0.15) is 5.82 Å². The van der Waals surface area contributed by atoms with Gasteiger partial charge >= 0.3 is 0 Å². The molecule has 0 spiro atoms. The van der Waals surface area contributed by atoms with Gasteiger partial charge in [-0.25, -0.2) is 4.98 Å². The molecule has 3 heteroatoms. The van der Waals surface area contributed by atoms with Crippen LogP contribution in [0.2, 0.25) is 0 Å². The molecule has 1 aromatic rings. The number of hydrogen-bond donors (Lipinski definition) is 0. The molecule has 12 heavy (non-hydrogen) atoms. The van der Waals surface area contributed by atoms with Crippen LogP contribution < -0.4 is 0 Å². The molecule has 0 atom stereocenters. The Kier molecular flexibility index (Phi) is 6.04. The van der Waals surface area contributed by atoms with E-state index >= 15 is 0 Å². The molecule has 0 aromatic carbocycles. The standard InChI is InChI=1S/C8H14N2.CH3.Zr/c1-8(2,3)7-9-5-6-10(7)4;;/h5-6H,1-4H3;1H3;/q;-1;. The summed E-state index contributed by atoms with van der Waals surface area (Å²) in [6.07, 6.45) is 3.81. The van der Waals surface area contributed by atoms with Gasteiger partial charge in [0, 0.05) is 51.1 Å². The van der Waals surface area contributed by atoms with Crippen LogP contribution in [-0.4, -0.2) is 9.55 Å². The van der Waals surface area contributed by atoms with Gasteiger partial charge in [0.2, 0.25) is 0 Å². The Morgan fingerprint density at radius 3 is 2.00 bits per heavy atom. The van der Waals surface area contributed by atoms with E-state index in [4.69, 9.17) is 0 Å². The second kappa shape index (κ2) is 4.96. The van der Waals surface area contributed by atoms with Crippen molar-refractivity contribution in [2.45, 2.75) is 26.2 Å². The van der Waals surface area contributed by atoms with Crippen LogP contribution >= 0.6 is 0 Å². The maximum absolute atomic E-state index is 4.25. The van der Waals surface area contributed by atoms with E-state index in [-0.39, 0.29) is 39.0 Å². The molecule has 0 saturated carbocycles. The molecule has 0 aliphatic carbocycles. The summed E-state index contributed by atoms with van der Waals surface area (Å²) >= 11 is 0. The SMILES string of the molecule is Cn1ccnc1C(C)(C)C.[CH3-].[Zr]. The first-order valence-corrected chi connectivity index (χ1v) is 3.49. The molecule has 1 aromatic heterocycles. The third kappa shape index (κ3) is 3.22. The van der Waals surface area contributed by atoms with Crippen LogP contribution in [0.15, 0.2) is 12.4 Å². The number of aryl methyl sites for hydroxylation is 1. The van der Waals surface area contributed by atoms with Crippen molar-refractivity contribution in [3.63, 3.8) is 0 Å². The molecule has 0 radical (unpaired) electrons. The smallest absolute Gasteiger partial charge is 0.113 e. The molecular weight excluding hydrogens is 227 g/mol. The fourth-order valence-corrected chi connectivity index (χ4v) is 1.09. The second-order valence-electron chi connectivity index (χ2n) is 3.61. The van der Waals surface area contributed by atoms with Gasteiger partial charge in [0.15, 0.2) is 0 Å². The van der Waals surface area contributed by atoms with E-state index < -0.39 is 0 Å². The van der Waals surface area contributed by atoms with Crippen molar-refractivity contribution in [1.29, 1.82) is 0 Å². The van der Waals surface area contributed by atoms with Crippen LogP contribution in [0.4, 0.5) is 0 Å². The summed E-state index contributed by atoms with van der Waals surface area (Å²) in [7, 11) is 2.02. The Morgan fingerprint density at radius 2 is 1.83 bits per heavy atom. The van der Waals surface area contributed by atoms with Gasteiger partial charge in [0.25, 0.3) is 0 Å². The molecule has 0 fully saturated rings. The average molecular weight is 244 g/mol. The fraction of sp³-hybridized carbons (Fsp3) is 0.556. The minimum absolute atomic E-state index is 0. The van der Waals surface area contributed by atoms with Crippen molar-refractivity contribution in [2.75, 3.05) is 0 Å². The predicted molar refractivity (Wildman–Crippen MR) is 48.3 cm³/mol. The van der Waals surface area contributed by atoms with Crippen LogP contribution in [0.3, 0.4) is 0 Å². The van der Waals surface area contributed by atoms with Crippen molar-refractivity contribution in [3.05, 3.63) is 25.6 Å². The van der Waals surface area contributed by atoms with Gasteiger partial charge in [-0.2, -0.15) is 0 Å². The Balaban J connectivity index is 0. The topological polar surface area (TPSA) is 17.8 Å². The Labute approximate surface area is 94.5 Å². The van der Waals surface area contributed by atoms with E-state index in [0.717, 1.165) is 5.82 Å². The summed E-state index contributed by atoms with van der Waals surface area (Å²) in [4.78, 5) is 4.25. The first-order chi connectivity index (χ1) is 4.52. The summed E-state index contributed by atoms with van der Waals surface area (Å²) in [6, 6.07) is 0. The van der Waals surface area contributed by atoms with Gasteiger partial charge < -0.3 is 12.0 Å². The van der Waals surface area contributed by atoms with Crippen molar-refractivity contribution < 1.29 is 26.2 Å². The van der Waals surface area contributed by atoms with E-state index in [1.54, 1.807) is 0 Å². The van der Waals surface area contributed by atoms with Gasteiger partial charge in [-0.15, -0.1) is 0 Å². The summed E-state index contributed by atoms with van der Waals surface area (Å²) in [5.41, 5.74) is 0.165. The van der Waals surface area contributed by atoms with Crippen molar-refractivity contribution in [1.82, 2.24) is 9.55 Å². The maximum Gasteiger partial charge on any atom is 0.113 e. The molecule has 0 aliphatic heterocycles. The molecule has 68 valence electrons. The average Bonchev–Trinajstić information content (AvgIpc) is 2.11. The van der Waals surface area contributed by atoms with E-state index in [0.29, 0.717) is 0 Å². The number of nitrogens with zero attached hydrogens (tertiary/aromatic N) is 2. The molecule has 1 heterocycles. The van der Waals surface area contributed by atoms with Crippen LogP contribution in [-0.2, 0) is 38.7 Å². The van der Waals surface area contributed by atoms with Gasteiger partial charge in [-0.3, -0.25) is 0 Å². The molecule has 1 rings (SSSR count). The maximum atomic E-state index is 4.25. The van der Waals surface area contributed by atoms with E-state index in [1.165, 1.54) is 0 Å².